The maximum atomic E-state index is 13.1. The van der Waals surface area contributed by atoms with E-state index in [-0.39, 0.29) is 9.80 Å². The van der Waals surface area contributed by atoms with Crippen LogP contribution in [-0.4, -0.2) is 8.42 Å². The summed E-state index contributed by atoms with van der Waals surface area (Å²) in [6, 6.07) is 25.2. The molecule has 0 fully saturated rings. The van der Waals surface area contributed by atoms with Gasteiger partial charge in [0.1, 0.15) is 0 Å². The molecule has 24 heavy (non-hydrogen) atoms. The van der Waals surface area contributed by atoms with Gasteiger partial charge in [-0.15, -0.1) is 0 Å². The van der Waals surface area contributed by atoms with Crippen LogP contribution in [0.5, 0.6) is 0 Å². The van der Waals surface area contributed by atoms with Crippen LogP contribution in [0.25, 0.3) is 11.0 Å². The number of hydrogen-bond acceptors (Lipinski definition) is 2. The van der Waals surface area contributed by atoms with Crippen molar-refractivity contribution in [2.45, 2.75) is 4.90 Å². The van der Waals surface area contributed by atoms with E-state index in [0.717, 1.165) is 10.0 Å². The molecule has 0 aliphatic rings. The van der Waals surface area contributed by atoms with Crippen molar-refractivity contribution in [3.63, 3.8) is 0 Å². The normalized spacial score (nSPS) is 12.1. The molecular formula is C20H15BrO2S. The second-order valence-corrected chi connectivity index (χ2v) is 8.08. The predicted molar refractivity (Wildman–Crippen MR) is 102 cm³/mol. The number of sulfone groups is 1. The molecule has 0 amide bonds. The number of halogens is 1. The minimum Gasteiger partial charge on any atom is -0.218 e. The molecule has 4 heteroatoms. The molecule has 3 aromatic rings. The third-order valence-corrected chi connectivity index (χ3v) is 5.87. The Hall–Kier alpha value is -2.17. The fourth-order valence-electron chi connectivity index (χ4n) is 2.39. The first-order valence-electron chi connectivity index (χ1n) is 7.40. The van der Waals surface area contributed by atoms with Crippen LogP contribution in [0, 0.1) is 0 Å². The van der Waals surface area contributed by atoms with Gasteiger partial charge in [0.2, 0.25) is 9.84 Å². The van der Waals surface area contributed by atoms with Crippen LogP contribution in [0.3, 0.4) is 0 Å². The van der Waals surface area contributed by atoms with E-state index < -0.39 is 9.84 Å². The summed E-state index contributed by atoms with van der Waals surface area (Å²) in [6.45, 7) is 0. The zero-order valence-corrected chi connectivity index (χ0v) is 15.2. The van der Waals surface area contributed by atoms with Gasteiger partial charge in [-0.2, -0.15) is 0 Å². The Morgan fingerprint density at radius 1 is 0.792 bits per heavy atom. The van der Waals surface area contributed by atoms with Gasteiger partial charge >= 0.3 is 0 Å². The first kappa shape index (κ1) is 16.7. The second kappa shape index (κ2) is 7.16. The van der Waals surface area contributed by atoms with Crippen molar-refractivity contribution < 1.29 is 8.42 Å². The number of rotatable bonds is 4. The van der Waals surface area contributed by atoms with Gasteiger partial charge in [-0.1, -0.05) is 76.6 Å². The second-order valence-electron chi connectivity index (χ2n) is 5.25. The summed E-state index contributed by atoms with van der Waals surface area (Å²) in [5.74, 6) is 0. The van der Waals surface area contributed by atoms with E-state index in [1.807, 2.05) is 54.6 Å². The lowest BCUT2D eigenvalue weighted by Crippen LogP contribution is -2.04. The predicted octanol–water partition coefficient (Wildman–Crippen LogP) is 5.42. The van der Waals surface area contributed by atoms with Crippen molar-refractivity contribution in [3.05, 3.63) is 101 Å². The van der Waals surface area contributed by atoms with Crippen molar-refractivity contribution in [2.75, 3.05) is 0 Å². The Bertz CT molecular complexity index is 963. The molecule has 2 nitrogen and oxygen atoms in total. The van der Waals surface area contributed by atoms with Gasteiger partial charge in [-0.3, -0.25) is 0 Å². The summed E-state index contributed by atoms with van der Waals surface area (Å²) in [6.07, 6.45) is 1.71. The molecule has 0 saturated carbocycles. The summed E-state index contributed by atoms with van der Waals surface area (Å²) >= 11 is 3.42. The summed E-state index contributed by atoms with van der Waals surface area (Å²) in [4.78, 5) is 0.572. The van der Waals surface area contributed by atoms with Crippen LogP contribution in [0.2, 0.25) is 0 Å². The Labute approximate surface area is 150 Å². The van der Waals surface area contributed by atoms with E-state index in [0.29, 0.717) is 5.56 Å². The summed E-state index contributed by atoms with van der Waals surface area (Å²) < 4.78 is 27.2. The lowest BCUT2D eigenvalue weighted by atomic mass is 10.1. The van der Waals surface area contributed by atoms with Gasteiger partial charge in [-0.25, -0.2) is 8.42 Å². The third-order valence-electron chi connectivity index (χ3n) is 3.55. The van der Waals surface area contributed by atoms with Gasteiger partial charge in [0, 0.05) is 4.47 Å². The zero-order valence-electron chi connectivity index (χ0n) is 12.8. The molecule has 0 atom stereocenters. The SMILES string of the molecule is O=S(=O)(/C(=C/c1cccc(Br)c1)c1ccccc1)c1ccccc1. The van der Waals surface area contributed by atoms with Crippen LogP contribution in [-0.2, 0) is 9.84 Å². The Morgan fingerprint density at radius 3 is 2.04 bits per heavy atom. The standard InChI is InChI=1S/C20H15BrO2S/c21-18-11-7-8-16(14-18)15-20(17-9-3-1-4-10-17)24(22,23)19-12-5-2-6-13-19/h1-15H/b20-15+. The maximum Gasteiger partial charge on any atom is 0.207 e. The molecular weight excluding hydrogens is 384 g/mol. The molecule has 0 N–H and O–H groups in total. The van der Waals surface area contributed by atoms with Gasteiger partial charge < -0.3 is 0 Å². The minimum atomic E-state index is -3.62. The van der Waals surface area contributed by atoms with E-state index in [2.05, 4.69) is 15.9 Å². The molecule has 3 rings (SSSR count). The average Bonchev–Trinajstić information content (AvgIpc) is 2.61. The molecule has 0 aliphatic carbocycles. The van der Waals surface area contributed by atoms with E-state index in [1.54, 1.807) is 36.4 Å². The maximum absolute atomic E-state index is 13.1. The molecule has 0 bridgehead atoms. The van der Waals surface area contributed by atoms with Crippen molar-refractivity contribution in [1.29, 1.82) is 0 Å². The topological polar surface area (TPSA) is 34.1 Å². The molecule has 3 aromatic carbocycles. The van der Waals surface area contributed by atoms with Gasteiger partial charge in [-0.05, 0) is 41.5 Å². The lowest BCUT2D eigenvalue weighted by molar-refractivity contribution is 0.606. The van der Waals surface area contributed by atoms with E-state index in [9.17, 15) is 8.42 Å². The summed E-state index contributed by atoms with van der Waals surface area (Å²) in [5.41, 5.74) is 1.49. The molecule has 0 heterocycles. The highest BCUT2D eigenvalue weighted by molar-refractivity contribution is 9.10. The van der Waals surface area contributed by atoms with Crippen molar-refractivity contribution in [3.8, 4) is 0 Å². The highest BCUT2D eigenvalue weighted by atomic mass is 79.9. The van der Waals surface area contributed by atoms with E-state index in [4.69, 9.17) is 0 Å². The summed E-state index contributed by atoms with van der Waals surface area (Å²) in [7, 11) is -3.62. The highest BCUT2D eigenvalue weighted by Gasteiger charge is 2.22. The van der Waals surface area contributed by atoms with E-state index >= 15 is 0 Å². The molecule has 0 saturated heterocycles. The number of benzene rings is 3. The highest BCUT2D eigenvalue weighted by Crippen LogP contribution is 2.30. The number of hydrogen-bond donors (Lipinski definition) is 0. The summed E-state index contributed by atoms with van der Waals surface area (Å²) in [5, 5.41) is 0. The van der Waals surface area contributed by atoms with Gasteiger partial charge in [0.15, 0.2) is 0 Å². The monoisotopic (exact) mass is 398 g/mol. The van der Waals surface area contributed by atoms with Crippen LogP contribution < -0.4 is 0 Å². The average molecular weight is 399 g/mol. The molecule has 0 aliphatic heterocycles. The molecule has 0 unspecified atom stereocenters. The van der Waals surface area contributed by atoms with E-state index in [1.165, 1.54) is 0 Å². The van der Waals surface area contributed by atoms with Crippen molar-refractivity contribution in [1.82, 2.24) is 0 Å². The Kier molecular flexibility index (Phi) is 4.97. The fourth-order valence-corrected chi connectivity index (χ4v) is 4.32. The van der Waals surface area contributed by atoms with Crippen LogP contribution >= 0.6 is 15.9 Å². The van der Waals surface area contributed by atoms with Gasteiger partial charge in [0.05, 0.1) is 9.80 Å². The van der Waals surface area contributed by atoms with Crippen LogP contribution in [0.4, 0.5) is 0 Å². The smallest absolute Gasteiger partial charge is 0.207 e. The molecule has 0 aromatic heterocycles. The minimum absolute atomic E-state index is 0.285. The molecule has 120 valence electrons. The molecule has 0 spiro atoms. The third kappa shape index (κ3) is 3.66. The first-order chi connectivity index (χ1) is 11.6. The van der Waals surface area contributed by atoms with Crippen LogP contribution in [0.15, 0.2) is 94.3 Å². The Morgan fingerprint density at radius 2 is 1.42 bits per heavy atom. The largest absolute Gasteiger partial charge is 0.218 e. The van der Waals surface area contributed by atoms with Gasteiger partial charge in [0.25, 0.3) is 0 Å². The fraction of sp³-hybridized carbons (Fsp3) is 0. The Balaban J connectivity index is 2.20. The zero-order chi connectivity index (χ0) is 17.0. The first-order valence-corrected chi connectivity index (χ1v) is 9.68. The lowest BCUT2D eigenvalue weighted by Gasteiger charge is -2.10. The van der Waals surface area contributed by atoms with Crippen LogP contribution in [0.1, 0.15) is 11.1 Å². The van der Waals surface area contributed by atoms with Crippen molar-refractivity contribution >= 4 is 36.7 Å². The quantitative estimate of drug-likeness (QED) is 0.549. The molecule has 0 radical (unpaired) electrons. The van der Waals surface area contributed by atoms with Crippen molar-refractivity contribution in [2.24, 2.45) is 0 Å².